The molecule has 25 heavy (non-hydrogen) atoms. The number of rotatable bonds is 7. The molecule has 0 radical (unpaired) electrons. The SMILES string of the molecule is COc1ccc(OC)c(NC(=O)C(C)N(C)Cc2ccccc2Br)c1. The molecule has 0 aliphatic carbocycles. The topological polar surface area (TPSA) is 50.8 Å². The van der Waals surface area contributed by atoms with Gasteiger partial charge in [-0.15, -0.1) is 0 Å². The average Bonchev–Trinajstić information content (AvgIpc) is 2.62. The number of hydrogen-bond donors (Lipinski definition) is 1. The molecule has 0 bridgehead atoms. The van der Waals surface area contributed by atoms with Gasteiger partial charge < -0.3 is 14.8 Å². The van der Waals surface area contributed by atoms with Crippen molar-refractivity contribution in [1.29, 1.82) is 0 Å². The molecular formula is C19H23BrN2O3. The second-order valence-corrected chi connectivity index (χ2v) is 6.59. The summed E-state index contributed by atoms with van der Waals surface area (Å²) < 4.78 is 11.6. The number of carbonyl (C=O) groups excluding carboxylic acids is 1. The Bertz CT molecular complexity index is 736. The highest BCUT2D eigenvalue weighted by Gasteiger charge is 2.20. The minimum Gasteiger partial charge on any atom is -0.497 e. The van der Waals surface area contributed by atoms with Gasteiger partial charge in [-0.05, 0) is 37.7 Å². The van der Waals surface area contributed by atoms with Crippen LogP contribution in [0.4, 0.5) is 5.69 Å². The standard InChI is InChI=1S/C19H23BrN2O3/c1-13(22(2)12-14-7-5-6-8-16(14)20)19(23)21-17-11-15(24-3)9-10-18(17)25-4/h5-11,13H,12H2,1-4H3,(H,21,23). The predicted octanol–water partition coefficient (Wildman–Crippen LogP) is 3.93. The largest absolute Gasteiger partial charge is 0.497 e. The lowest BCUT2D eigenvalue weighted by Crippen LogP contribution is -2.39. The van der Waals surface area contributed by atoms with Crippen molar-refractivity contribution < 1.29 is 14.3 Å². The summed E-state index contributed by atoms with van der Waals surface area (Å²) in [5, 5.41) is 2.92. The second-order valence-electron chi connectivity index (χ2n) is 5.74. The Morgan fingerprint density at radius 2 is 1.92 bits per heavy atom. The Morgan fingerprint density at radius 3 is 2.56 bits per heavy atom. The highest BCUT2D eigenvalue weighted by Crippen LogP contribution is 2.29. The Morgan fingerprint density at radius 1 is 1.20 bits per heavy atom. The maximum Gasteiger partial charge on any atom is 0.241 e. The van der Waals surface area contributed by atoms with Crippen molar-refractivity contribution in [3.63, 3.8) is 0 Å². The van der Waals surface area contributed by atoms with E-state index in [4.69, 9.17) is 9.47 Å². The smallest absolute Gasteiger partial charge is 0.241 e. The van der Waals surface area contributed by atoms with Crippen molar-refractivity contribution in [1.82, 2.24) is 4.90 Å². The maximum atomic E-state index is 12.6. The molecule has 1 N–H and O–H groups in total. The number of amides is 1. The van der Waals surface area contributed by atoms with Gasteiger partial charge in [-0.2, -0.15) is 0 Å². The van der Waals surface area contributed by atoms with E-state index in [1.165, 1.54) is 0 Å². The van der Waals surface area contributed by atoms with Crippen LogP contribution in [-0.2, 0) is 11.3 Å². The van der Waals surface area contributed by atoms with Crippen LogP contribution in [0.3, 0.4) is 0 Å². The molecule has 0 aliphatic rings. The number of carbonyl (C=O) groups is 1. The number of methoxy groups -OCH3 is 2. The van der Waals surface area contributed by atoms with Crippen LogP contribution in [0, 0.1) is 0 Å². The highest BCUT2D eigenvalue weighted by atomic mass is 79.9. The fourth-order valence-electron chi connectivity index (χ4n) is 2.38. The number of benzene rings is 2. The zero-order valence-electron chi connectivity index (χ0n) is 14.9. The van der Waals surface area contributed by atoms with Crippen LogP contribution in [0.1, 0.15) is 12.5 Å². The first-order chi connectivity index (χ1) is 12.0. The monoisotopic (exact) mass is 406 g/mol. The Labute approximate surface area is 157 Å². The van der Waals surface area contributed by atoms with Crippen molar-refractivity contribution >= 4 is 27.5 Å². The number of nitrogens with zero attached hydrogens (tertiary/aromatic N) is 1. The van der Waals surface area contributed by atoms with Crippen LogP contribution in [0.5, 0.6) is 11.5 Å². The highest BCUT2D eigenvalue weighted by molar-refractivity contribution is 9.10. The van der Waals surface area contributed by atoms with Gasteiger partial charge in [0, 0.05) is 17.1 Å². The van der Waals surface area contributed by atoms with Gasteiger partial charge in [-0.1, -0.05) is 34.1 Å². The zero-order chi connectivity index (χ0) is 18.4. The molecule has 1 atom stereocenters. The molecule has 2 aromatic rings. The summed E-state index contributed by atoms with van der Waals surface area (Å²) in [5.74, 6) is 1.14. The first-order valence-corrected chi connectivity index (χ1v) is 8.72. The van der Waals surface area contributed by atoms with E-state index >= 15 is 0 Å². The summed E-state index contributed by atoms with van der Waals surface area (Å²) in [4.78, 5) is 14.6. The first-order valence-electron chi connectivity index (χ1n) is 7.92. The van der Waals surface area contributed by atoms with Gasteiger partial charge in [0.15, 0.2) is 0 Å². The maximum absolute atomic E-state index is 12.6. The van der Waals surface area contributed by atoms with Crippen molar-refractivity contribution in [3.8, 4) is 11.5 Å². The fourth-order valence-corrected chi connectivity index (χ4v) is 2.79. The molecule has 5 nitrogen and oxygen atoms in total. The van der Waals surface area contributed by atoms with Crippen LogP contribution < -0.4 is 14.8 Å². The minimum absolute atomic E-state index is 0.110. The molecule has 0 spiro atoms. The van der Waals surface area contributed by atoms with Crippen LogP contribution in [0.15, 0.2) is 46.9 Å². The molecule has 1 unspecified atom stereocenters. The van der Waals surface area contributed by atoms with E-state index in [1.54, 1.807) is 32.4 Å². The number of likely N-dealkylation sites (N-methyl/N-ethyl adjacent to an activating group) is 1. The molecule has 0 saturated carbocycles. The Kier molecular flexibility index (Phi) is 6.84. The summed E-state index contributed by atoms with van der Waals surface area (Å²) in [7, 11) is 5.08. The third-order valence-corrected chi connectivity index (χ3v) is 4.86. The second kappa shape index (κ2) is 8.87. The molecule has 0 aromatic heterocycles. The van der Waals surface area contributed by atoms with Gasteiger partial charge in [-0.3, -0.25) is 9.69 Å². The van der Waals surface area contributed by atoms with Gasteiger partial charge >= 0.3 is 0 Å². The molecule has 0 saturated heterocycles. The summed E-state index contributed by atoms with van der Waals surface area (Å²) >= 11 is 3.54. The summed E-state index contributed by atoms with van der Waals surface area (Å²) in [5.41, 5.74) is 1.72. The van der Waals surface area contributed by atoms with Crippen LogP contribution in [0.25, 0.3) is 0 Å². The molecule has 1 amide bonds. The summed E-state index contributed by atoms with van der Waals surface area (Å²) in [6.07, 6.45) is 0. The molecule has 0 aliphatic heterocycles. The average molecular weight is 407 g/mol. The minimum atomic E-state index is -0.317. The number of ether oxygens (including phenoxy) is 2. The summed E-state index contributed by atoms with van der Waals surface area (Å²) in [6.45, 7) is 2.53. The van der Waals surface area contributed by atoms with E-state index in [9.17, 15) is 4.79 Å². The zero-order valence-corrected chi connectivity index (χ0v) is 16.5. The van der Waals surface area contributed by atoms with Gasteiger partial charge in [0.2, 0.25) is 5.91 Å². The number of hydrogen-bond acceptors (Lipinski definition) is 4. The predicted molar refractivity (Wildman–Crippen MR) is 103 cm³/mol. The molecule has 134 valence electrons. The molecule has 2 rings (SSSR count). The quantitative estimate of drug-likeness (QED) is 0.756. The Hall–Kier alpha value is -2.05. The Balaban J connectivity index is 2.08. The van der Waals surface area contributed by atoms with Crippen molar-refractivity contribution in [2.24, 2.45) is 0 Å². The van der Waals surface area contributed by atoms with Gasteiger partial charge in [0.25, 0.3) is 0 Å². The van der Waals surface area contributed by atoms with E-state index in [0.717, 1.165) is 10.0 Å². The van der Waals surface area contributed by atoms with E-state index in [1.807, 2.05) is 43.1 Å². The number of halogens is 1. The van der Waals surface area contributed by atoms with Crippen molar-refractivity contribution in [3.05, 3.63) is 52.5 Å². The molecule has 6 heteroatoms. The first kappa shape index (κ1) is 19.3. The van der Waals surface area contributed by atoms with E-state index in [0.29, 0.717) is 23.7 Å². The number of nitrogens with one attached hydrogen (secondary N) is 1. The third kappa shape index (κ3) is 4.96. The van der Waals surface area contributed by atoms with Crippen molar-refractivity contribution in [2.75, 3.05) is 26.6 Å². The van der Waals surface area contributed by atoms with E-state index < -0.39 is 0 Å². The molecule has 0 heterocycles. The van der Waals surface area contributed by atoms with E-state index in [2.05, 4.69) is 21.2 Å². The lowest BCUT2D eigenvalue weighted by Gasteiger charge is -2.24. The number of anilines is 1. The summed E-state index contributed by atoms with van der Waals surface area (Å²) in [6, 6.07) is 13.0. The van der Waals surface area contributed by atoms with Gasteiger partial charge in [-0.25, -0.2) is 0 Å². The molecule has 0 fully saturated rings. The lowest BCUT2D eigenvalue weighted by atomic mass is 10.2. The van der Waals surface area contributed by atoms with Crippen LogP contribution in [0.2, 0.25) is 0 Å². The lowest BCUT2D eigenvalue weighted by molar-refractivity contribution is -0.120. The van der Waals surface area contributed by atoms with Crippen LogP contribution >= 0.6 is 15.9 Å². The molecular weight excluding hydrogens is 384 g/mol. The normalized spacial score (nSPS) is 11.9. The van der Waals surface area contributed by atoms with Gasteiger partial charge in [0.1, 0.15) is 11.5 Å². The fraction of sp³-hybridized carbons (Fsp3) is 0.316. The third-order valence-electron chi connectivity index (χ3n) is 4.08. The van der Waals surface area contributed by atoms with Gasteiger partial charge in [0.05, 0.1) is 25.9 Å². The van der Waals surface area contributed by atoms with E-state index in [-0.39, 0.29) is 11.9 Å². The van der Waals surface area contributed by atoms with Crippen LogP contribution in [-0.4, -0.2) is 38.1 Å². The molecule has 2 aromatic carbocycles. The van der Waals surface area contributed by atoms with Crippen molar-refractivity contribution in [2.45, 2.75) is 19.5 Å².